The Morgan fingerprint density at radius 1 is 1.00 bits per heavy atom. The van der Waals surface area contributed by atoms with E-state index in [0.717, 1.165) is 57.5 Å². The molecule has 1 aliphatic heterocycles. The summed E-state index contributed by atoms with van der Waals surface area (Å²) < 4.78 is 26.5. The first-order valence-corrected chi connectivity index (χ1v) is 12.8. The van der Waals surface area contributed by atoms with Crippen LogP contribution in [-0.2, 0) is 21.2 Å². The lowest BCUT2D eigenvalue weighted by molar-refractivity contribution is -0.125. The van der Waals surface area contributed by atoms with E-state index in [9.17, 15) is 13.2 Å². The molecule has 1 aliphatic rings. The molecular weight excluding hydrogens is 422 g/mol. The van der Waals surface area contributed by atoms with E-state index in [1.54, 1.807) is 43.3 Å². The molecule has 1 fully saturated rings. The number of rotatable bonds is 9. The highest BCUT2D eigenvalue weighted by Gasteiger charge is 2.17. The van der Waals surface area contributed by atoms with Crippen molar-refractivity contribution in [2.45, 2.75) is 31.1 Å². The smallest absolute Gasteiger partial charge is 0.246 e. The molecule has 2 aromatic rings. The van der Waals surface area contributed by atoms with Gasteiger partial charge in [0.05, 0.1) is 4.90 Å². The quantitative estimate of drug-likeness (QED) is 0.590. The Kier molecular flexibility index (Phi) is 9.02. The number of hydrogen-bond acceptors (Lipinski definition) is 4. The fourth-order valence-corrected chi connectivity index (χ4v) is 4.91. The Bertz CT molecular complexity index is 989. The summed E-state index contributed by atoms with van der Waals surface area (Å²) in [5.74, 6) is 0.000447. The van der Waals surface area contributed by atoms with Gasteiger partial charge in [0.2, 0.25) is 15.9 Å². The third-order valence-corrected chi connectivity index (χ3v) is 7.19. The van der Waals surface area contributed by atoms with Gasteiger partial charge in [-0.05, 0) is 61.7 Å². The molecular formula is C25H33N3O3S. The van der Waals surface area contributed by atoms with Gasteiger partial charge in [-0.15, -0.1) is 0 Å². The molecule has 0 aromatic heterocycles. The predicted octanol–water partition coefficient (Wildman–Crippen LogP) is 3.17. The highest BCUT2D eigenvalue weighted by Crippen LogP contribution is 2.12. The van der Waals surface area contributed by atoms with Crippen LogP contribution in [0, 0.1) is 0 Å². The number of carbonyl (C=O) groups excluding carboxylic acids is 1. The SMILES string of the molecule is CCNS(=O)(=O)c1ccc(/C=C/C(=O)N2CCCN(CCCc3ccccc3)CC2)cc1. The maximum atomic E-state index is 12.7. The molecule has 0 atom stereocenters. The zero-order valence-electron chi connectivity index (χ0n) is 18.7. The Hall–Kier alpha value is -2.48. The first-order chi connectivity index (χ1) is 15.5. The van der Waals surface area contributed by atoms with Crippen LogP contribution in [0.1, 0.15) is 30.9 Å². The second kappa shape index (κ2) is 11.9. The van der Waals surface area contributed by atoms with E-state index < -0.39 is 10.0 Å². The zero-order valence-corrected chi connectivity index (χ0v) is 19.6. The third kappa shape index (κ3) is 7.29. The van der Waals surface area contributed by atoms with Crippen LogP contribution >= 0.6 is 0 Å². The summed E-state index contributed by atoms with van der Waals surface area (Å²) in [4.78, 5) is 17.2. The molecule has 0 radical (unpaired) electrons. The molecule has 6 nitrogen and oxygen atoms in total. The van der Waals surface area contributed by atoms with Crippen LogP contribution in [0.5, 0.6) is 0 Å². The van der Waals surface area contributed by atoms with Crippen molar-refractivity contribution in [3.8, 4) is 0 Å². The standard InChI is InChI=1S/C25H33N3O3S/c1-2-26-32(30,31)24-14-11-23(12-15-24)13-16-25(29)28-19-7-18-27(20-21-28)17-6-10-22-8-4-3-5-9-22/h3-5,8-9,11-16,26H,2,6-7,10,17-21H2,1H3/b16-13+. The van der Waals surface area contributed by atoms with Crippen molar-refractivity contribution in [3.05, 3.63) is 71.8 Å². The van der Waals surface area contributed by atoms with Crippen molar-refractivity contribution in [1.29, 1.82) is 0 Å². The van der Waals surface area contributed by atoms with Gasteiger partial charge in [-0.1, -0.05) is 49.4 Å². The lowest BCUT2D eigenvalue weighted by atomic mass is 10.1. The van der Waals surface area contributed by atoms with E-state index in [-0.39, 0.29) is 10.8 Å². The van der Waals surface area contributed by atoms with Crippen LogP contribution in [0.15, 0.2) is 65.6 Å². The van der Waals surface area contributed by atoms with Crippen molar-refractivity contribution >= 4 is 22.0 Å². The summed E-state index contributed by atoms with van der Waals surface area (Å²) in [5.41, 5.74) is 2.17. The minimum atomic E-state index is -3.46. The number of benzene rings is 2. The summed E-state index contributed by atoms with van der Waals surface area (Å²) in [5, 5.41) is 0. The summed E-state index contributed by atoms with van der Waals surface area (Å²) in [6, 6.07) is 17.1. The van der Waals surface area contributed by atoms with Gasteiger partial charge in [0.1, 0.15) is 0 Å². The molecule has 0 unspecified atom stereocenters. The fourth-order valence-electron chi connectivity index (χ4n) is 3.87. The zero-order chi connectivity index (χ0) is 22.8. The maximum absolute atomic E-state index is 12.7. The van der Waals surface area contributed by atoms with Gasteiger partial charge in [-0.2, -0.15) is 0 Å². The van der Waals surface area contributed by atoms with E-state index in [1.807, 2.05) is 11.0 Å². The second-order valence-electron chi connectivity index (χ2n) is 8.01. The normalized spacial score (nSPS) is 15.7. The molecule has 32 heavy (non-hydrogen) atoms. The van der Waals surface area contributed by atoms with Crippen molar-refractivity contribution in [1.82, 2.24) is 14.5 Å². The summed E-state index contributed by atoms with van der Waals surface area (Å²) in [6.45, 7) is 6.54. The lowest BCUT2D eigenvalue weighted by Crippen LogP contribution is -2.34. The van der Waals surface area contributed by atoms with Crippen LogP contribution < -0.4 is 4.72 Å². The number of carbonyl (C=O) groups is 1. The van der Waals surface area contributed by atoms with Gasteiger partial charge in [0.25, 0.3) is 0 Å². The topological polar surface area (TPSA) is 69.7 Å². The summed E-state index contributed by atoms with van der Waals surface area (Å²) in [6.07, 6.45) is 6.50. The Labute approximate surface area is 192 Å². The number of sulfonamides is 1. The number of amides is 1. The molecule has 2 aromatic carbocycles. The van der Waals surface area contributed by atoms with Crippen molar-refractivity contribution < 1.29 is 13.2 Å². The predicted molar refractivity (Wildman–Crippen MR) is 129 cm³/mol. The minimum absolute atomic E-state index is 0.000447. The summed E-state index contributed by atoms with van der Waals surface area (Å²) in [7, 11) is -3.46. The van der Waals surface area contributed by atoms with Gasteiger partial charge in [-0.3, -0.25) is 4.79 Å². The molecule has 7 heteroatoms. The second-order valence-corrected chi connectivity index (χ2v) is 9.78. The Morgan fingerprint density at radius 3 is 2.47 bits per heavy atom. The maximum Gasteiger partial charge on any atom is 0.246 e. The number of nitrogens with zero attached hydrogens (tertiary/aromatic N) is 2. The van der Waals surface area contributed by atoms with Gasteiger partial charge >= 0.3 is 0 Å². The van der Waals surface area contributed by atoms with E-state index >= 15 is 0 Å². The van der Waals surface area contributed by atoms with Crippen molar-refractivity contribution in [2.24, 2.45) is 0 Å². The van der Waals surface area contributed by atoms with E-state index in [0.29, 0.717) is 6.54 Å². The molecule has 0 aliphatic carbocycles. The van der Waals surface area contributed by atoms with Crippen LogP contribution in [0.2, 0.25) is 0 Å². The lowest BCUT2D eigenvalue weighted by Gasteiger charge is -2.21. The molecule has 1 N–H and O–H groups in total. The number of nitrogens with one attached hydrogen (secondary N) is 1. The third-order valence-electron chi connectivity index (χ3n) is 5.63. The number of aryl methyl sites for hydroxylation is 1. The van der Waals surface area contributed by atoms with E-state index in [1.165, 1.54) is 5.56 Å². The van der Waals surface area contributed by atoms with Crippen LogP contribution in [-0.4, -0.2) is 63.4 Å². The minimum Gasteiger partial charge on any atom is -0.338 e. The Morgan fingerprint density at radius 2 is 1.75 bits per heavy atom. The van der Waals surface area contributed by atoms with Gasteiger partial charge in [-0.25, -0.2) is 13.1 Å². The van der Waals surface area contributed by atoms with Gasteiger partial charge < -0.3 is 9.80 Å². The average Bonchev–Trinajstić information content (AvgIpc) is 3.04. The molecule has 1 heterocycles. The van der Waals surface area contributed by atoms with Gasteiger partial charge in [0, 0.05) is 32.3 Å². The highest BCUT2D eigenvalue weighted by atomic mass is 32.2. The van der Waals surface area contributed by atoms with Crippen LogP contribution in [0.4, 0.5) is 0 Å². The molecule has 1 saturated heterocycles. The van der Waals surface area contributed by atoms with Crippen LogP contribution in [0.3, 0.4) is 0 Å². The molecule has 172 valence electrons. The Balaban J connectivity index is 1.46. The fraction of sp³-hybridized carbons (Fsp3) is 0.400. The summed E-state index contributed by atoms with van der Waals surface area (Å²) >= 11 is 0. The van der Waals surface area contributed by atoms with Crippen LogP contribution in [0.25, 0.3) is 6.08 Å². The molecule has 0 saturated carbocycles. The largest absolute Gasteiger partial charge is 0.338 e. The molecule has 3 rings (SSSR count). The monoisotopic (exact) mass is 455 g/mol. The first-order valence-electron chi connectivity index (χ1n) is 11.3. The molecule has 1 amide bonds. The van der Waals surface area contributed by atoms with Crippen molar-refractivity contribution in [2.75, 3.05) is 39.3 Å². The van der Waals surface area contributed by atoms with E-state index in [2.05, 4.69) is 33.9 Å². The van der Waals surface area contributed by atoms with E-state index in [4.69, 9.17) is 0 Å². The van der Waals surface area contributed by atoms with Crippen molar-refractivity contribution in [3.63, 3.8) is 0 Å². The molecule has 0 bridgehead atoms. The highest BCUT2D eigenvalue weighted by molar-refractivity contribution is 7.89. The molecule has 0 spiro atoms. The first kappa shape index (κ1) is 24.2. The van der Waals surface area contributed by atoms with Gasteiger partial charge in [0.15, 0.2) is 0 Å². The average molecular weight is 456 g/mol. The number of hydrogen-bond donors (Lipinski definition) is 1.